The Morgan fingerprint density at radius 2 is 2.00 bits per heavy atom. The van der Waals surface area contributed by atoms with Gasteiger partial charge in [-0.3, -0.25) is 14.4 Å². The van der Waals surface area contributed by atoms with E-state index >= 15 is 0 Å². The summed E-state index contributed by atoms with van der Waals surface area (Å²) in [6.45, 7) is 0.785. The van der Waals surface area contributed by atoms with Gasteiger partial charge in [0.15, 0.2) is 6.29 Å². The van der Waals surface area contributed by atoms with Crippen molar-refractivity contribution < 1.29 is 14.4 Å². The Labute approximate surface area is 92.0 Å². The van der Waals surface area contributed by atoms with Crippen LogP contribution in [0.4, 0.5) is 5.69 Å². The van der Waals surface area contributed by atoms with E-state index in [-0.39, 0.29) is 0 Å². The number of rotatable bonds is 2. The van der Waals surface area contributed by atoms with Crippen molar-refractivity contribution in [1.29, 1.82) is 0 Å². The third-order valence-electron chi connectivity index (χ3n) is 2.41. The highest BCUT2D eigenvalue weighted by Crippen LogP contribution is 2.19. The molecule has 0 radical (unpaired) electrons. The molecule has 0 unspecified atom stereocenters. The molecule has 1 aliphatic heterocycles. The first-order valence-electron chi connectivity index (χ1n) is 4.88. The van der Waals surface area contributed by atoms with Gasteiger partial charge < -0.3 is 10.2 Å². The fourth-order valence-corrected chi connectivity index (χ4v) is 1.64. The second kappa shape index (κ2) is 4.14. The van der Waals surface area contributed by atoms with Crippen molar-refractivity contribution in [2.45, 2.75) is 0 Å². The number of benzene rings is 1. The molecule has 0 aliphatic carbocycles. The van der Waals surface area contributed by atoms with Gasteiger partial charge in [-0.05, 0) is 12.1 Å². The SMILES string of the molecule is O=Cc1ccccc1N1CCNC(=O)C1=O. The third kappa shape index (κ3) is 1.67. The number of aldehydes is 1. The fraction of sp³-hybridized carbons (Fsp3) is 0.182. The number of carbonyl (C=O) groups excluding carboxylic acids is 3. The van der Waals surface area contributed by atoms with Crippen LogP contribution in [0.5, 0.6) is 0 Å². The van der Waals surface area contributed by atoms with Crippen molar-refractivity contribution in [1.82, 2.24) is 5.32 Å². The molecule has 5 nitrogen and oxygen atoms in total. The second-order valence-corrected chi connectivity index (χ2v) is 3.39. The molecule has 1 aliphatic rings. The minimum atomic E-state index is -0.632. The van der Waals surface area contributed by atoms with Gasteiger partial charge in [0.1, 0.15) is 0 Å². The van der Waals surface area contributed by atoms with Crippen LogP contribution in [0.1, 0.15) is 10.4 Å². The molecule has 16 heavy (non-hydrogen) atoms. The van der Waals surface area contributed by atoms with Crippen LogP contribution >= 0.6 is 0 Å². The van der Waals surface area contributed by atoms with Gasteiger partial charge in [0.05, 0.1) is 5.69 Å². The summed E-state index contributed by atoms with van der Waals surface area (Å²) < 4.78 is 0. The van der Waals surface area contributed by atoms with Crippen molar-refractivity contribution in [3.05, 3.63) is 29.8 Å². The van der Waals surface area contributed by atoms with E-state index in [4.69, 9.17) is 0 Å². The topological polar surface area (TPSA) is 66.5 Å². The average molecular weight is 218 g/mol. The van der Waals surface area contributed by atoms with Gasteiger partial charge in [0.25, 0.3) is 0 Å². The summed E-state index contributed by atoms with van der Waals surface area (Å²) in [4.78, 5) is 34.9. The Hall–Kier alpha value is -2.17. The summed E-state index contributed by atoms with van der Waals surface area (Å²) in [6.07, 6.45) is 0.676. The third-order valence-corrected chi connectivity index (χ3v) is 2.41. The number of nitrogens with zero attached hydrogens (tertiary/aromatic N) is 1. The number of para-hydroxylation sites is 1. The first kappa shape index (κ1) is 10.4. The molecule has 0 spiro atoms. The van der Waals surface area contributed by atoms with Crippen LogP contribution in [-0.4, -0.2) is 31.2 Å². The van der Waals surface area contributed by atoms with E-state index in [2.05, 4.69) is 5.32 Å². The van der Waals surface area contributed by atoms with Gasteiger partial charge in [-0.1, -0.05) is 12.1 Å². The van der Waals surface area contributed by atoms with Gasteiger partial charge in [-0.15, -0.1) is 0 Å². The zero-order valence-electron chi connectivity index (χ0n) is 8.47. The highest BCUT2D eigenvalue weighted by molar-refractivity contribution is 6.41. The first-order valence-corrected chi connectivity index (χ1v) is 4.88. The summed E-state index contributed by atoms with van der Waals surface area (Å²) >= 11 is 0. The maximum Gasteiger partial charge on any atom is 0.316 e. The van der Waals surface area contributed by atoms with E-state index in [0.717, 1.165) is 0 Å². The van der Waals surface area contributed by atoms with Crippen molar-refractivity contribution in [2.75, 3.05) is 18.0 Å². The standard InChI is InChI=1S/C11H10N2O3/c14-7-8-3-1-2-4-9(8)13-6-5-12-10(15)11(13)16/h1-4,7H,5-6H2,(H,12,15). The van der Waals surface area contributed by atoms with Crippen LogP contribution in [0.3, 0.4) is 0 Å². The Bertz CT molecular complexity index is 456. The summed E-state index contributed by atoms with van der Waals surface area (Å²) in [5.74, 6) is -1.26. The number of hydrogen-bond acceptors (Lipinski definition) is 3. The molecule has 5 heteroatoms. The number of hydrogen-bond donors (Lipinski definition) is 1. The lowest BCUT2D eigenvalue weighted by Gasteiger charge is -2.27. The van der Waals surface area contributed by atoms with Gasteiger partial charge >= 0.3 is 11.8 Å². The largest absolute Gasteiger partial charge is 0.346 e. The summed E-state index contributed by atoms with van der Waals surface area (Å²) in [5.41, 5.74) is 0.892. The maximum absolute atomic E-state index is 11.6. The molecule has 1 fully saturated rings. The highest BCUT2D eigenvalue weighted by atomic mass is 16.2. The van der Waals surface area contributed by atoms with Crippen molar-refractivity contribution >= 4 is 23.8 Å². The zero-order valence-corrected chi connectivity index (χ0v) is 8.47. The number of nitrogens with one attached hydrogen (secondary N) is 1. The molecule has 1 aromatic carbocycles. The molecule has 1 heterocycles. The predicted molar refractivity (Wildman–Crippen MR) is 57.2 cm³/mol. The van der Waals surface area contributed by atoms with E-state index < -0.39 is 11.8 Å². The second-order valence-electron chi connectivity index (χ2n) is 3.39. The van der Waals surface area contributed by atoms with Crippen molar-refractivity contribution in [2.24, 2.45) is 0 Å². The Morgan fingerprint density at radius 1 is 1.25 bits per heavy atom. The van der Waals surface area contributed by atoms with Crippen LogP contribution in [0.25, 0.3) is 0 Å². The molecule has 0 atom stereocenters. The molecule has 1 saturated heterocycles. The van der Waals surface area contributed by atoms with Crippen LogP contribution in [-0.2, 0) is 9.59 Å². The molecule has 1 N–H and O–H groups in total. The van der Waals surface area contributed by atoms with E-state index in [1.54, 1.807) is 24.3 Å². The van der Waals surface area contributed by atoms with Gasteiger partial charge in [0.2, 0.25) is 0 Å². The molecule has 0 saturated carbocycles. The summed E-state index contributed by atoms with van der Waals surface area (Å²) in [7, 11) is 0. The van der Waals surface area contributed by atoms with Crippen molar-refractivity contribution in [3.63, 3.8) is 0 Å². The molecule has 2 rings (SSSR count). The molecule has 0 aromatic heterocycles. The van der Waals surface area contributed by atoms with Crippen LogP contribution in [0, 0.1) is 0 Å². The molecule has 82 valence electrons. The lowest BCUT2D eigenvalue weighted by Crippen LogP contribution is -2.52. The predicted octanol–water partition coefficient (Wildman–Crippen LogP) is -0.0381. The number of amides is 2. The average Bonchev–Trinajstić information content (AvgIpc) is 2.33. The fourth-order valence-electron chi connectivity index (χ4n) is 1.64. The Kier molecular flexibility index (Phi) is 2.68. The lowest BCUT2D eigenvalue weighted by molar-refractivity contribution is -0.138. The molecular formula is C11H10N2O3. The van der Waals surface area contributed by atoms with Crippen molar-refractivity contribution in [3.8, 4) is 0 Å². The number of anilines is 1. The normalized spacial score (nSPS) is 15.9. The molecular weight excluding hydrogens is 208 g/mol. The lowest BCUT2D eigenvalue weighted by atomic mass is 10.1. The Morgan fingerprint density at radius 3 is 2.75 bits per heavy atom. The molecule has 2 amide bonds. The summed E-state index contributed by atoms with van der Waals surface area (Å²) in [5, 5.41) is 2.45. The Balaban J connectivity index is 2.39. The highest BCUT2D eigenvalue weighted by Gasteiger charge is 2.28. The van der Waals surface area contributed by atoms with Gasteiger partial charge in [-0.25, -0.2) is 0 Å². The number of carbonyl (C=O) groups is 3. The zero-order chi connectivity index (χ0) is 11.5. The van der Waals surface area contributed by atoms with E-state index in [9.17, 15) is 14.4 Å². The number of piperazine rings is 1. The minimum Gasteiger partial charge on any atom is -0.346 e. The van der Waals surface area contributed by atoms with E-state index in [1.807, 2.05) is 0 Å². The first-order chi connectivity index (χ1) is 7.74. The van der Waals surface area contributed by atoms with Gasteiger partial charge in [0, 0.05) is 18.7 Å². The van der Waals surface area contributed by atoms with Gasteiger partial charge in [-0.2, -0.15) is 0 Å². The molecule has 0 bridgehead atoms. The molecule has 1 aromatic rings. The monoisotopic (exact) mass is 218 g/mol. The quantitative estimate of drug-likeness (QED) is 0.559. The van der Waals surface area contributed by atoms with Crippen LogP contribution in [0.2, 0.25) is 0 Å². The maximum atomic E-state index is 11.6. The van der Waals surface area contributed by atoms with E-state index in [0.29, 0.717) is 30.6 Å². The van der Waals surface area contributed by atoms with E-state index in [1.165, 1.54) is 4.90 Å². The smallest absolute Gasteiger partial charge is 0.316 e. The minimum absolute atomic E-state index is 0.384. The van der Waals surface area contributed by atoms with Crippen LogP contribution < -0.4 is 10.2 Å². The van der Waals surface area contributed by atoms with Crippen LogP contribution in [0.15, 0.2) is 24.3 Å². The summed E-state index contributed by atoms with van der Waals surface area (Å²) in [6, 6.07) is 6.70.